The molecule has 3 heterocycles. The molecule has 0 aromatic carbocycles. The molecule has 0 fully saturated rings. The van der Waals surface area contributed by atoms with Crippen molar-refractivity contribution in [2.24, 2.45) is 0 Å². The maximum absolute atomic E-state index is 4.19. The second-order valence-corrected chi connectivity index (χ2v) is 3.45. The molecule has 0 aliphatic rings. The molecule has 0 radical (unpaired) electrons. The van der Waals surface area contributed by atoms with E-state index >= 15 is 0 Å². The Balaban J connectivity index is 0.000000169. The Hall–Kier alpha value is -2.55. The van der Waals surface area contributed by atoms with Crippen molar-refractivity contribution in [3.8, 4) is 11.4 Å². The van der Waals surface area contributed by atoms with Gasteiger partial charge in [-0.2, -0.15) is 0 Å². The largest absolute Gasteiger partial charge is 0.265 e. The summed E-state index contributed by atoms with van der Waals surface area (Å²) in [6.07, 6.45) is 7.04. The van der Waals surface area contributed by atoms with Crippen LogP contribution in [0.15, 0.2) is 79.4 Å². The molecule has 0 N–H and O–H groups in total. The molecule has 0 aliphatic heterocycles. The van der Waals surface area contributed by atoms with E-state index in [1.165, 1.54) is 0 Å². The van der Waals surface area contributed by atoms with E-state index in [1.807, 2.05) is 54.6 Å². The summed E-state index contributed by atoms with van der Waals surface area (Å²) in [6.45, 7) is 0. The van der Waals surface area contributed by atoms with Gasteiger partial charge in [0.25, 0.3) is 0 Å². The molecule has 18 heavy (non-hydrogen) atoms. The third kappa shape index (κ3) is 3.79. The molecule has 3 aromatic heterocycles. The van der Waals surface area contributed by atoms with Gasteiger partial charge in [-0.1, -0.05) is 18.2 Å². The van der Waals surface area contributed by atoms with E-state index in [0.717, 1.165) is 11.4 Å². The minimum absolute atomic E-state index is 0.915. The highest BCUT2D eigenvalue weighted by molar-refractivity contribution is 5.52. The molecular formula is C15H13N3. The highest BCUT2D eigenvalue weighted by Crippen LogP contribution is 2.10. The van der Waals surface area contributed by atoms with Crippen molar-refractivity contribution in [2.45, 2.75) is 0 Å². The van der Waals surface area contributed by atoms with E-state index in [0.29, 0.717) is 0 Å². The zero-order valence-corrected chi connectivity index (χ0v) is 9.85. The minimum atomic E-state index is 0.915. The topological polar surface area (TPSA) is 38.7 Å². The number of aromatic nitrogens is 3. The molecule has 0 atom stereocenters. The molecule has 3 rings (SSSR count). The first-order valence-electron chi connectivity index (χ1n) is 5.64. The van der Waals surface area contributed by atoms with Gasteiger partial charge in [-0.3, -0.25) is 15.0 Å². The van der Waals surface area contributed by atoms with E-state index in [-0.39, 0.29) is 0 Å². The van der Waals surface area contributed by atoms with Crippen molar-refractivity contribution in [1.29, 1.82) is 0 Å². The van der Waals surface area contributed by atoms with Crippen LogP contribution in [0.2, 0.25) is 0 Å². The fourth-order valence-electron chi connectivity index (χ4n) is 1.34. The van der Waals surface area contributed by atoms with E-state index < -0.39 is 0 Å². The van der Waals surface area contributed by atoms with Crippen molar-refractivity contribution in [3.05, 3.63) is 79.4 Å². The fraction of sp³-hybridized carbons (Fsp3) is 0. The third-order valence-electron chi connectivity index (χ3n) is 2.16. The van der Waals surface area contributed by atoms with Gasteiger partial charge in [0, 0.05) is 24.8 Å². The summed E-state index contributed by atoms with van der Waals surface area (Å²) in [6, 6.07) is 17.3. The van der Waals surface area contributed by atoms with Crippen LogP contribution in [0, 0.1) is 0 Å². The SMILES string of the molecule is c1ccc(-c2ccccn2)nc1.c1ccncc1. The fourth-order valence-corrected chi connectivity index (χ4v) is 1.34. The molecule has 3 nitrogen and oxygen atoms in total. The van der Waals surface area contributed by atoms with Crippen LogP contribution in [0.3, 0.4) is 0 Å². The highest BCUT2D eigenvalue weighted by Gasteiger charge is 1.95. The molecule has 88 valence electrons. The molecule has 3 heteroatoms. The van der Waals surface area contributed by atoms with Crippen LogP contribution in [0.25, 0.3) is 11.4 Å². The van der Waals surface area contributed by atoms with Crippen molar-refractivity contribution < 1.29 is 0 Å². The Bertz CT molecular complexity index is 474. The summed E-state index contributed by atoms with van der Waals surface area (Å²) >= 11 is 0. The van der Waals surface area contributed by atoms with Gasteiger partial charge in [-0.25, -0.2) is 0 Å². The lowest BCUT2D eigenvalue weighted by Crippen LogP contribution is -1.83. The molecular weight excluding hydrogens is 222 g/mol. The second-order valence-electron chi connectivity index (χ2n) is 3.45. The van der Waals surface area contributed by atoms with Crippen LogP contribution in [0.1, 0.15) is 0 Å². The number of nitrogens with zero attached hydrogens (tertiary/aromatic N) is 3. The van der Waals surface area contributed by atoms with E-state index in [2.05, 4.69) is 15.0 Å². The molecule has 3 aromatic rings. The Morgan fingerprint density at radius 2 is 1.00 bits per heavy atom. The Morgan fingerprint density at radius 1 is 0.500 bits per heavy atom. The average molecular weight is 235 g/mol. The van der Waals surface area contributed by atoms with Gasteiger partial charge in [-0.15, -0.1) is 0 Å². The lowest BCUT2D eigenvalue weighted by molar-refractivity contribution is 1.25. The zero-order chi connectivity index (χ0) is 12.5. The highest BCUT2D eigenvalue weighted by atomic mass is 14.7. The molecule has 0 unspecified atom stereocenters. The lowest BCUT2D eigenvalue weighted by Gasteiger charge is -1.96. The summed E-state index contributed by atoms with van der Waals surface area (Å²) in [5, 5.41) is 0. The van der Waals surface area contributed by atoms with Gasteiger partial charge in [0.1, 0.15) is 0 Å². The van der Waals surface area contributed by atoms with Crippen molar-refractivity contribution in [1.82, 2.24) is 15.0 Å². The van der Waals surface area contributed by atoms with Gasteiger partial charge in [0.2, 0.25) is 0 Å². The number of hydrogen-bond acceptors (Lipinski definition) is 3. The maximum Gasteiger partial charge on any atom is 0.0886 e. The van der Waals surface area contributed by atoms with Gasteiger partial charge in [0.05, 0.1) is 11.4 Å². The Kier molecular flexibility index (Phi) is 4.58. The van der Waals surface area contributed by atoms with Crippen LogP contribution >= 0.6 is 0 Å². The van der Waals surface area contributed by atoms with Crippen LogP contribution in [0.4, 0.5) is 0 Å². The normalized spacial score (nSPS) is 9.11. The zero-order valence-electron chi connectivity index (χ0n) is 9.85. The molecule has 0 bridgehead atoms. The Morgan fingerprint density at radius 3 is 1.28 bits per heavy atom. The van der Waals surface area contributed by atoms with Crippen LogP contribution in [0.5, 0.6) is 0 Å². The molecule has 0 amide bonds. The summed E-state index contributed by atoms with van der Waals surface area (Å²) in [5.41, 5.74) is 1.83. The second kappa shape index (κ2) is 6.91. The average Bonchev–Trinajstić information content (AvgIpc) is 2.51. The predicted octanol–water partition coefficient (Wildman–Crippen LogP) is 3.23. The van der Waals surface area contributed by atoms with Crippen molar-refractivity contribution in [2.75, 3.05) is 0 Å². The van der Waals surface area contributed by atoms with Gasteiger partial charge in [0.15, 0.2) is 0 Å². The Labute approximate surface area is 106 Å². The van der Waals surface area contributed by atoms with E-state index in [1.54, 1.807) is 24.8 Å². The molecule has 0 aliphatic carbocycles. The quantitative estimate of drug-likeness (QED) is 0.650. The third-order valence-corrected chi connectivity index (χ3v) is 2.16. The van der Waals surface area contributed by atoms with Crippen molar-refractivity contribution >= 4 is 0 Å². The van der Waals surface area contributed by atoms with Crippen LogP contribution in [-0.4, -0.2) is 15.0 Å². The first-order valence-corrected chi connectivity index (χ1v) is 5.64. The number of hydrogen-bond donors (Lipinski definition) is 0. The molecule has 0 spiro atoms. The summed E-state index contributed by atoms with van der Waals surface area (Å²) in [4.78, 5) is 12.2. The monoisotopic (exact) mass is 235 g/mol. The first-order chi connectivity index (χ1) is 8.97. The smallest absolute Gasteiger partial charge is 0.0886 e. The first kappa shape index (κ1) is 11.9. The van der Waals surface area contributed by atoms with Gasteiger partial charge < -0.3 is 0 Å². The summed E-state index contributed by atoms with van der Waals surface area (Å²) in [5.74, 6) is 0. The van der Waals surface area contributed by atoms with E-state index in [9.17, 15) is 0 Å². The number of rotatable bonds is 1. The minimum Gasteiger partial charge on any atom is -0.265 e. The summed E-state index contributed by atoms with van der Waals surface area (Å²) in [7, 11) is 0. The van der Waals surface area contributed by atoms with Gasteiger partial charge >= 0.3 is 0 Å². The molecule has 0 saturated heterocycles. The summed E-state index contributed by atoms with van der Waals surface area (Å²) < 4.78 is 0. The van der Waals surface area contributed by atoms with E-state index in [4.69, 9.17) is 0 Å². The lowest BCUT2D eigenvalue weighted by atomic mass is 10.2. The number of pyridine rings is 3. The predicted molar refractivity (Wildman–Crippen MR) is 71.7 cm³/mol. The standard InChI is InChI=1S/C10H8N2.C5H5N/c1-3-7-11-9(5-1)10-6-2-4-8-12-10;1-2-4-6-5-3-1/h1-8H;1-5H. The maximum atomic E-state index is 4.19. The van der Waals surface area contributed by atoms with Crippen molar-refractivity contribution in [3.63, 3.8) is 0 Å². The van der Waals surface area contributed by atoms with Crippen LogP contribution in [-0.2, 0) is 0 Å². The molecule has 0 saturated carbocycles. The van der Waals surface area contributed by atoms with Gasteiger partial charge in [-0.05, 0) is 36.4 Å². The van der Waals surface area contributed by atoms with Crippen LogP contribution < -0.4 is 0 Å².